The molecule has 0 fully saturated rings. The lowest BCUT2D eigenvalue weighted by atomic mass is 10.2. The molecule has 1 aromatic heterocycles. The van der Waals surface area contributed by atoms with E-state index in [1.807, 2.05) is 16.8 Å². The maximum absolute atomic E-state index is 11.9. The maximum Gasteiger partial charge on any atom is 0.239 e. The van der Waals surface area contributed by atoms with Crippen LogP contribution in [0, 0.1) is 0 Å². The third-order valence-electron chi connectivity index (χ3n) is 2.49. The fourth-order valence-corrected chi connectivity index (χ4v) is 2.82. The minimum atomic E-state index is -3.08. The Balaban J connectivity index is 2.47. The fourth-order valence-electron chi connectivity index (χ4n) is 1.48. The van der Waals surface area contributed by atoms with E-state index in [-0.39, 0.29) is 18.1 Å². The highest BCUT2D eigenvalue weighted by atomic mass is 32.2. The van der Waals surface area contributed by atoms with E-state index in [4.69, 9.17) is 5.73 Å². The monoisotopic (exact) mass is 290 g/mol. The lowest BCUT2D eigenvalue weighted by molar-refractivity contribution is -0.131. The highest BCUT2D eigenvalue weighted by molar-refractivity contribution is 7.90. The molecule has 18 heavy (non-hydrogen) atoms. The summed E-state index contributed by atoms with van der Waals surface area (Å²) in [5, 5.41) is 3.91. The molecule has 0 bridgehead atoms. The van der Waals surface area contributed by atoms with Gasteiger partial charge in [0, 0.05) is 19.8 Å². The molecular formula is C11H18N2O3S2. The average molecular weight is 290 g/mol. The Hall–Kier alpha value is -0.920. The van der Waals surface area contributed by atoms with Crippen molar-refractivity contribution in [3.63, 3.8) is 0 Å². The Morgan fingerprint density at radius 2 is 2.22 bits per heavy atom. The van der Waals surface area contributed by atoms with Gasteiger partial charge in [0.15, 0.2) is 0 Å². The standard InChI is InChI=1S/C11H18N2O3S2/c1-13(7-9-3-5-17-8-9)11(14)10(12)4-6-18(2,15)16/h3,5,8,10H,4,6-7,12H2,1-2H3. The van der Waals surface area contributed by atoms with Crippen LogP contribution in [0.25, 0.3) is 0 Å². The van der Waals surface area contributed by atoms with Crippen LogP contribution >= 0.6 is 11.3 Å². The quantitative estimate of drug-likeness (QED) is 0.826. The van der Waals surface area contributed by atoms with Crippen molar-refractivity contribution in [2.75, 3.05) is 19.1 Å². The molecule has 1 rings (SSSR count). The summed E-state index contributed by atoms with van der Waals surface area (Å²) in [5.74, 6) is -0.295. The molecule has 1 atom stereocenters. The molecule has 0 saturated heterocycles. The highest BCUT2D eigenvalue weighted by Crippen LogP contribution is 2.09. The van der Waals surface area contributed by atoms with Crippen molar-refractivity contribution in [2.24, 2.45) is 5.73 Å². The van der Waals surface area contributed by atoms with Gasteiger partial charge in [-0.15, -0.1) is 0 Å². The number of nitrogens with two attached hydrogens (primary N) is 1. The van der Waals surface area contributed by atoms with Crippen molar-refractivity contribution in [1.82, 2.24) is 4.90 Å². The highest BCUT2D eigenvalue weighted by Gasteiger charge is 2.19. The van der Waals surface area contributed by atoms with Gasteiger partial charge in [-0.3, -0.25) is 4.79 Å². The Bertz CT molecular complexity index is 482. The first kappa shape index (κ1) is 15.1. The second-order valence-corrected chi connectivity index (χ2v) is 7.39. The van der Waals surface area contributed by atoms with E-state index < -0.39 is 15.9 Å². The molecule has 2 N–H and O–H groups in total. The number of hydrogen-bond acceptors (Lipinski definition) is 5. The normalized spacial score (nSPS) is 13.3. The molecule has 0 saturated carbocycles. The molecule has 0 aliphatic heterocycles. The summed E-state index contributed by atoms with van der Waals surface area (Å²) in [6.45, 7) is 0.495. The number of sulfone groups is 1. The third kappa shape index (κ3) is 5.16. The van der Waals surface area contributed by atoms with Gasteiger partial charge in [0.25, 0.3) is 0 Å². The zero-order chi connectivity index (χ0) is 13.8. The van der Waals surface area contributed by atoms with Crippen molar-refractivity contribution in [3.05, 3.63) is 22.4 Å². The number of carbonyl (C=O) groups is 1. The number of thiophene rings is 1. The summed E-state index contributed by atoms with van der Waals surface area (Å²) in [6, 6.07) is 1.18. The van der Waals surface area contributed by atoms with Crippen molar-refractivity contribution < 1.29 is 13.2 Å². The Morgan fingerprint density at radius 3 is 2.72 bits per heavy atom. The minimum Gasteiger partial charge on any atom is -0.340 e. The van der Waals surface area contributed by atoms with E-state index in [0.29, 0.717) is 6.54 Å². The molecule has 1 heterocycles. The second kappa shape index (κ2) is 6.31. The molecule has 0 aromatic carbocycles. The van der Waals surface area contributed by atoms with Crippen LogP contribution in [-0.2, 0) is 21.2 Å². The number of nitrogens with zero attached hydrogens (tertiary/aromatic N) is 1. The number of amides is 1. The molecule has 0 radical (unpaired) electrons. The second-order valence-electron chi connectivity index (χ2n) is 4.35. The predicted molar refractivity (Wildman–Crippen MR) is 73.1 cm³/mol. The number of rotatable bonds is 6. The van der Waals surface area contributed by atoms with Gasteiger partial charge >= 0.3 is 0 Å². The maximum atomic E-state index is 11.9. The first-order valence-electron chi connectivity index (χ1n) is 5.49. The number of carbonyl (C=O) groups excluding carboxylic acids is 1. The largest absolute Gasteiger partial charge is 0.340 e. The van der Waals surface area contributed by atoms with Crippen LogP contribution in [0.3, 0.4) is 0 Å². The van der Waals surface area contributed by atoms with Crippen molar-refractivity contribution in [1.29, 1.82) is 0 Å². The van der Waals surface area contributed by atoms with Gasteiger partial charge in [-0.1, -0.05) is 0 Å². The average Bonchev–Trinajstić information content (AvgIpc) is 2.76. The number of hydrogen-bond donors (Lipinski definition) is 1. The number of likely N-dealkylation sites (N-methyl/N-ethyl adjacent to an activating group) is 1. The molecule has 1 unspecified atom stereocenters. The molecule has 1 amide bonds. The molecule has 1 aromatic rings. The smallest absolute Gasteiger partial charge is 0.239 e. The van der Waals surface area contributed by atoms with Crippen LogP contribution in [0.15, 0.2) is 16.8 Å². The molecule has 0 spiro atoms. The van der Waals surface area contributed by atoms with Crippen molar-refractivity contribution >= 4 is 27.1 Å². The van der Waals surface area contributed by atoms with E-state index in [9.17, 15) is 13.2 Å². The van der Waals surface area contributed by atoms with Crippen molar-refractivity contribution in [3.8, 4) is 0 Å². The fraction of sp³-hybridized carbons (Fsp3) is 0.545. The van der Waals surface area contributed by atoms with Crippen LogP contribution in [-0.4, -0.2) is 44.3 Å². The van der Waals surface area contributed by atoms with Crippen molar-refractivity contribution in [2.45, 2.75) is 19.0 Å². The van der Waals surface area contributed by atoms with E-state index in [0.717, 1.165) is 11.8 Å². The van der Waals surface area contributed by atoms with Gasteiger partial charge in [0.05, 0.1) is 11.8 Å². The predicted octanol–water partition coefficient (Wildman–Crippen LogP) is 0.469. The summed E-state index contributed by atoms with van der Waals surface area (Å²) < 4.78 is 22.0. The molecule has 0 aliphatic carbocycles. The lowest BCUT2D eigenvalue weighted by Gasteiger charge is -2.20. The van der Waals surface area contributed by atoms with Crippen LogP contribution in [0.1, 0.15) is 12.0 Å². The summed E-state index contributed by atoms with van der Waals surface area (Å²) >= 11 is 1.57. The SMILES string of the molecule is CN(Cc1ccsc1)C(=O)C(N)CCS(C)(=O)=O. The molecular weight excluding hydrogens is 272 g/mol. The minimum absolute atomic E-state index is 0.0633. The van der Waals surface area contributed by atoms with Crippen LogP contribution in [0.5, 0.6) is 0 Å². The third-order valence-corrected chi connectivity index (χ3v) is 4.20. The van der Waals surface area contributed by atoms with Gasteiger partial charge in [0.1, 0.15) is 9.84 Å². The van der Waals surface area contributed by atoms with Gasteiger partial charge in [-0.2, -0.15) is 11.3 Å². The Kier molecular flexibility index (Phi) is 5.30. The van der Waals surface area contributed by atoms with Crippen LogP contribution in [0.2, 0.25) is 0 Å². The van der Waals surface area contributed by atoms with Gasteiger partial charge in [0.2, 0.25) is 5.91 Å². The van der Waals surface area contributed by atoms with Crippen LogP contribution in [0.4, 0.5) is 0 Å². The molecule has 7 heteroatoms. The summed E-state index contributed by atoms with van der Waals surface area (Å²) in [6.07, 6.45) is 1.30. The summed E-state index contributed by atoms with van der Waals surface area (Å²) in [4.78, 5) is 13.4. The Labute approximate surface area is 112 Å². The van der Waals surface area contributed by atoms with E-state index in [1.54, 1.807) is 18.4 Å². The van der Waals surface area contributed by atoms with E-state index in [1.165, 1.54) is 4.90 Å². The molecule has 102 valence electrons. The van der Waals surface area contributed by atoms with Crippen LogP contribution < -0.4 is 5.73 Å². The van der Waals surface area contributed by atoms with Gasteiger partial charge in [-0.25, -0.2) is 8.42 Å². The van der Waals surface area contributed by atoms with Gasteiger partial charge < -0.3 is 10.6 Å². The zero-order valence-corrected chi connectivity index (χ0v) is 12.1. The van der Waals surface area contributed by atoms with E-state index >= 15 is 0 Å². The Morgan fingerprint density at radius 1 is 1.56 bits per heavy atom. The zero-order valence-electron chi connectivity index (χ0n) is 10.5. The summed E-state index contributed by atoms with van der Waals surface area (Å²) in [7, 11) is -1.41. The lowest BCUT2D eigenvalue weighted by Crippen LogP contribution is -2.42. The molecule has 5 nitrogen and oxygen atoms in total. The topological polar surface area (TPSA) is 80.5 Å². The summed E-state index contributed by atoms with van der Waals surface area (Å²) in [5.41, 5.74) is 6.75. The van der Waals surface area contributed by atoms with Gasteiger partial charge in [-0.05, 0) is 28.8 Å². The van der Waals surface area contributed by atoms with E-state index in [2.05, 4.69) is 0 Å². The first-order chi connectivity index (χ1) is 8.29. The molecule has 0 aliphatic rings. The first-order valence-corrected chi connectivity index (χ1v) is 8.49.